The van der Waals surface area contributed by atoms with Gasteiger partial charge in [0.2, 0.25) is 0 Å². The largest absolute Gasteiger partial charge is 0.233 e. The van der Waals surface area contributed by atoms with E-state index >= 15 is 0 Å². The van der Waals surface area contributed by atoms with Crippen LogP contribution in [-0.2, 0) is 9.59 Å². The lowest BCUT2D eigenvalue weighted by Crippen LogP contribution is -2.27. The van der Waals surface area contributed by atoms with Gasteiger partial charge in [0, 0.05) is 6.42 Å². The normalized spacial score (nSPS) is 9.41. The Morgan fingerprint density at radius 1 is 0.765 bits per heavy atom. The maximum Gasteiger partial charge on any atom is 0.133 e. The lowest BCUT2D eigenvalue weighted by Gasteiger charge is -1.99. The highest BCUT2D eigenvalue weighted by molar-refractivity contribution is 5.56. The van der Waals surface area contributed by atoms with Gasteiger partial charge in [0.05, 0.1) is 10.4 Å². The molecule has 0 bridgehead atoms. The number of hydrogen-bond acceptors (Lipinski definition) is 2. The molecule has 2 heteroatoms. The van der Waals surface area contributed by atoms with Crippen molar-refractivity contribution in [3.8, 4) is 0 Å². The Kier molecular flexibility index (Phi) is 3.32. The van der Waals surface area contributed by atoms with E-state index < -0.39 is 0 Å². The van der Waals surface area contributed by atoms with Crippen LogP contribution in [0, 0.1) is 6.42 Å². The molecule has 0 aliphatic rings. The summed E-state index contributed by atoms with van der Waals surface area (Å²) in [5, 5.41) is 0.481. The van der Waals surface area contributed by atoms with Crippen molar-refractivity contribution in [2.45, 2.75) is 0 Å². The van der Waals surface area contributed by atoms with Crippen LogP contribution >= 0.6 is 0 Å². The van der Waals surface area contributed by atoms with E-state index in [1.54, 1.807) is 30.1 Å². The fraction of sp³-hybridized carbons (Fsp3) is 0. The number of rotatable bonds is 2. The van der Waals surface area contributed by atoms with Gasteiger partial charge in [-0.3, -0.25) is 0 Å². The minimum atomic E-state index is 0.240. The van der Waals surface area contributed by atoms with E-state index in [-0.39, 0.29) is 10.4 Å². The third-order valence-electron chi connectivity index (χ3n) is 2.40. The molecule has 0 N–H and O–H groups in total. The molecule has 0 unspecified atom stereocenters. The Hall–Kier alpha value is -2.40. The van der Waals surface area contributed by atoms with Crippen molar-refractivity contribution in [3.63, 3.8) is 0 Å². The first-order chi connectivity index (χ1) is 8.33. The molecule has 0 spiro atoms. The molecule has 0 atom stereocenters. The Morgan fingerprint density at radius 2 is 1.47 bits per heavy atom. The fourth-order valence-electron chi connectivity index (χ4n) is 1.57. The van der Waals surface area contributed by atoms with Gasteiger partial charge >= 0.3 is 0 Å². The molecular weight excluding hydrogens is 212 g/mol. The van der Waals surface area contributed by atoms with Crippen molar-refractivity contribution in [3.05, 3.63) is 76.5 Å². The average Bonchev–Trinajstić information content (AvgIpc) is 2.40. The molecule has 0 aliphatic heterocycles. The van der Waals surface area contributed by atoms with E-state index in [0.29, 0.717) is 0 Å². The molecule has 0 amide bonds. The summed E-state index contributed by atoms with van der Waals surface area (Å²) in [5.74, 6) is 3.45. The summed E-state index contributed by atoms with van der Waals surface area (Å²) >= 11 is 0. The molecule has 0 saturated carbocycles. The van der Waals surface area contributed by atoms with Crippen molar-refractivity contribution < 1.29 is 9.59 Å². The zero-order valence-corrected chi connectivity index (χ0v) is 9.01. The molecule has 0 fully saturated rings. The van der Waals surface area contributed by atoms with Crippen LogP contribution in [0.3, 0.4) is 0 Å². The molecule has 0 aromatic heterocycles. The van der Waals surface area contributed by atoms with Crippen molar-refractivity contribution in [2.75, 3.05) is 0 Å². The molecular formula is C15H9O2. The summed E-state index contributed by atoms with van der Waals surface area (Å²) in [5.41, 5.74) is 1.89. The predicted octanol–water partition coefficient (Wildman–Crippen LogP) is 0.294. The van der Waals surface area contributed by atoms with Gasteiger partial charge in [-0.2, -0.15) is 0 Å². The molecule has 2 aromatic rings. The minimum Gasteiger partial charge on any atom is -0.233 e. The van der Waals surface area contributed by atoms with Gasteiger partial charge in [0.1, 0.15) is 11.9 Å². The SMILES string of the molecule is O=C=c1ccc([CH]c2ccccc2)cc1=C=O. The Labute approximate surface area is 98.5 Å². The predicted molar refractivity (Wildman–Crippen MR) is 64.2 cm³/mol. The summed E-state index contributed by atoms with van der Waals surface area (Å²) < 4.78 is 0. The molecule has 0 heterocycles. The Bertz CT molecular complexity index is 677. The third kappa shape index (κ3) is 2.59. The molecule has 81 valence electrons. The van der Waals surface area contributed by atoms with E-state index in [1.165, 1.54) is 0 Å². The summed E-state index contributed by atoms with van der Waals surface area (Å²) in [6, 6.07) is 14.7. The maximum atomic E-state index is 10.7. The van der Waals surface area contributed by atoms with Crippen molar-refractivity contribution in [1.82, 2.24) is 0 Å². The van der Waals surface area contributed by atoms with Crippen LogP contribution in [0.25, 0.3) is 0 Å². The van der Waals surface area contributed by atoms with E-state index in [9.17, 15) is 9.59 Å². The van der Waals surface area contributed by atoms with E-state index in [2.05, 4.69) is 0 Å². The van der Waals surface area contributed by atoms with Crippen LogP contribution in [0.5, 0.6) is 0 Å². The topological polar surface area (TPSA) is 34.1 Å². The fourth-order valence-corrected chi connectivity index (χ4v) is 1.57. The molecule has 2 rings (SSSR count). The Balaban J connectivity index is 2.43. The lowest BCUT2D eigenvalue weighted by atomic mass is 10.0. The summed E-state index contributed by atoms with van der Waals surface area (Å²) in [4.78, 5) is 21.2. The zero-order valence-electron chi connectivity index (χ0n) is 9.01. The molecule has 2 nitrogen and oxygen atoms in total. The molecule has 1 radical (unpaired) electrons. The van der Waals surface area contributed by atoms with Crippen molar-refractivity contribution >= 4 is 11.9 Å². The highest BCUT2D eigenvalue weighted by Crippen LogP contribution is 2.08. The van der Waals surface area contributed by atoms with Crippen LogP contribution in [0.15, 0.2) is 48.5 Å². The molecule has 2 aromatic carbocycles. The van der Waals surface area contributed by atoms with Crippen LogP contribution < -0.4 is 10.4 Å². The van der Waals surface area contributed by atoms with Gasteiger partial charge in [-0.05, 0) is 23.3 Å². The second-order valence-corrected chi connectivity index (χ2v) is 3.56. The first-order valence-corrected chi connectivity index (χ1v) is 5.13. The number of hydrogen-bond donors (Lipinski definition) is 0. The van der Waals surface area contributed by atoms with Crippen LogP contribution in [0.1, 0.15) is 11.1 Å². The monoisotopic (exact) mass is 221 g/mol. The van der Waals surface area contributed by atoms with Gasteiger partial charge in [-0.25, -0.2) is 9.59 Å². The molecule has 0 saturated heterocycles. The van der Waals surface area contributed by atoms with Gasteiger partial charge in [0.15, 0.2) is 0 Å². The summed E-state index contributed by atoms with van der Waals surface area (Å²) in [7, 11) is 0. The zero-order chi connectivity index (χ0) is 12.1. The molecule has 17 heavy (non-hydrogen) atoms. The highest BCUT2D eigenvalue weighted by atomic mass is 16.1. The maximum absolute atomic E-state index is 10.7. The van der Waals surface area contributed by atoms with E-state index in [0.717, 1.165) is 11.1 Å². The Morgan fingerprint density at radius 3 is 2.12 bits per heavy atom. The lowest BCUT2D eigenvalue weighted by molar-refractivity contribution is 0.564. The van der Waals surface area contributed by atoms with E-state index in [1.807, 2.05) is 36.8 Å². The highest BCUT2D eigenvalue weighted by Gasteiger charge is 1.97. The average molecular weight is 221 g/mol. The summed E-state index contributed by atoms with van der Waals surface area (Å²) in [6.07, 6.45) is 1.93. The van der Waals surface area contributed by atoms with Crippen LogP contribution in [0.2, 0.25) is 0 Å². The van der Waals surface area contributed by atoms with Gasteiger partial charge in [0.25, 0.3) is 0 Å². The number of benzene rings is 2. The smallest absolute Gasteiger partial charge is 0.133 e. The summed E-state index contributed by atoms with van der Waals surface area (Å²) in [6.45, 7) is 0. The van der Waals surface area contributed by atoms with Gasteiger partial charge < -0.3 is 0 Å². The van der Waals surface area contributed by atoms with Crippen LogP contribution in [-0.4, -0.2) is 11.9 Å². The standard InChI is InChI=1S/C15H9O2/c16-10-14-7-6-13(9-15(14)11-17)8-12-4-2-1-3-5-12/h1-9H. The van der Waals surface area contributed by atoms with Crippen molar-refractivity contribution in [1.29, 1.82) is 0 Å². The molecule has 0 aliphatic carbocycles. The minimum absolute atomic E-state index is 0.240. The van der Waals surface area contributed by atoms with Crippen molar-refractivity contribution in [2.24, 2.45) is 0 Å². The van der Waals surface area contributed by atoms with E-state index in [4.69, 9.17) is 0 Å². The third-order valence-corrected chi connectivity index (χ3v) is 2.40. The van der Waals surface area contributed by atoms with Gasteiger partial charge in [-0.15, -0.1) is 0 Å². The first kappa shape index (κ1) is 11.1. The first-order valence-electron chi connectivity index (χ1n) is 5.13. The van der Waals surface area contributed by atoms with Gasteiger partial charge in [-0.1, -0.05) is 36.4 Å². The second-order valence-electron chi connectivity index (χ2n) is 3.56. The quantitative estimate of drug-likeness (QED) is 0.730. The number of carbonyl (C=O) groups excluding carboxylic acids is 2. The van der Waals surface area contributed by atoms with Crippen LogP contribution in [0.4, 0.5) is 0 Å². The second kappa shape index (κ2) is 5.09.